The van der Waals surface area contributed by atoms with Crippen molar-refractivity contribution in [1.82, 2.24) is 4.90 Å². The lowest BCUT2D eigenvalue weighted by atomic mass is 9.89. The molecule has 0 aromatic carbocycles. The van der Waals surface area contributed by atoms with E-state index < -0.39 is 24.2 Å². The van der Waals surface area contributed by atoms with E-state index in [4.69, 9.17) is 0 Å². The minimum Gasteiger partial charge on any atom is -0.433 e. The standard InChI is InChI=1S/C15H18F5NO2S/c1-3-5-14(15(18,19)20)6-4-7-21(14)12(22)11-10(23-13(16)17)8-9(2)24-11/h8,13H,3-7H2,1-2H3/t14-/m0/s1. The van der Waals surface area contributed by atoms with Crippen molar-refractivity contribution in [1.29, 1.82) is 0 Å². The van der Waals surface area contributed by atoms with Gasteiger partial charge >= 0.3 is 12.8 Å². The molecule has 0 N–H and O–H groups in total. The van der Waals surface area contributed by atoms with Crippen molar-refractivity contribution in [3.05, 3.63) is 15.8 Å². The number of carbonyl (C=O) groups is 1. The van der Waals surface area contributed by atoms with Gasteiger partial charge in [0.15, 0.2) is 0 Å². The van der Waals surface area contributed by atoms with Crippen molar-refractivity contribution in [2.45, 2.75) is 57.9 Å². The number of amides is 1. The highest BCUT2D eigenvalue weighted by Gasteiger charge is 2.61. The number of likely N-dealkylation sites (tertiary alicyclic amines) is 1. The van der Waals surface area contributed by atoms with E-state index in [9.17, 15) is 26.7 Å². The van der Waals surface area contributed by atoms with Gasteiger partial charge in [0.2, 0.25) is 0 Å². The molecule has 1 fully saturated rings. The van der Waals surface area contributed by atoms with Gasteiger partial charge in [-0.05, 0) is 32.3 Å². The average molecular weight is 371 g/mol. The van der Waals surface area contributed by atoms with Crippen molar-refractivity contribution >= 4 is 17.2 Å². The highest BCUT2D eigenvalue weighted by Crippen LogP contribution is 2.47. The molecule has 136 valence electrons. The third kappa shape index (κ3) is 3.36. The molecular weight excluding hydrogens is 353 g/mol. The smallest absolute Gasteiger partial charge is 0.411 e. The Morgan fingerprint density at radius 1 is 1.46 bits per heavy atom. The molecule has 1 atom stereocenters. The second-order valence-corrected chi connectivity index (χ2v) is 7.02. The molecule has 1 saturated heterocycles. The average Bonchev–Trinajstić information content (AvgIpc) is 3.02. The van der Waals surface area contributed by atoms with Gasteiger partial charge in [-0.2, -0.15) is 22.0 Å². The number of aryl methyl sites for hydroxylation is 1. The number of alkyl halides is 5. The van der Waals surface area contributed by atoms with Crippen LogP contribution in [-0.4, -0.2) is 35.7 Å². The maximum Gasteiger partial charge on any atom is 0.411 e. The van der Waals surface area contributed by atoms with Crippen LogP contribution in [0.1, 0.15) is 47.2 Å². The summed E-state index contributed by atoms with van der Waals surface area (Å²) in [5.74, 6) is -1.26. The quantitative estimate of drug-likeness (QED) is 0.682. The van der Waals surface area contributed by atoms with Crippen molar-refractivity contribution in [2.75, 3.05) is 6.54 Å². The minimum absolute atomic E-state index is 0.0522. The van der Waals surface area contributed by atoms with Crippen LogP contribution in [0.4, 0.5) is 22.0 Å². The highest BCUT2D eigenvalue weighted by atomic mass is 32.1. The molecule has 9 heteroatoms. The molecule has 3 nitrogen and oxygen atoms in total. The molecule has 1 amide bonds. The first-order valence-electron chi connectivity index (χ1n) is 7.56. The molecule has 24 heavy (non-hydrogen) atoms. The van der Waals surface area contributed by atoms with Gasteiger partial charge in [-0.15, -0.1) is 11.3 Å². The zero-order valence-electron chi connectivity index (χ0n) is 13.3. The summed E-state index contributed by atoms with van der Waals surface area (Å²) >= 11 is 0.864. The van der Waals surface area contributed by atoms with Crippen LogP contribution < -0.4 is 4.74 Å². The van der Waals surface area contributed by atoms with Gasteiger partial charge in [0.25, 0.3) is 5.91 Å². The molecule has 2 heterocycles. The molecule has 1 aromatic rings. The van der Waals surface area contributed by atoms with Crippen LogP contribution >= 0.6 is 11.3 Å². The van der Waals surface area contributed by atoms with E-state index in [2.05, 4.69) is 4.74 Å². The Kier molecular flexibility index (Phi) is 5.41. The number of hydrogen-bond donors (Lipinski definition) is 0. The Morgan fingerprint density at radius 2 is 2.12 bits per heavy atom. The van der Waals surface area contributed by atoms with Crippen LogP contribution in [0.25, 0.3) is 0 Å². The van der Waals surface area contributed by atoms with Crippen LogP contribution in [0.3, 0.4) is 0 Å². The first-order valence-corrected chi connectivity index (χ1v) is 8.38. The first-order chi connectivity index (χ1) is 11.1. The van der Waals surface area contributed by atoms with Gasteiger partial charge < -0.3 is 9.64 Å². The summed E-state index contributed by atoms with van der Waals surface area (Å²) in [5.41, 5.74) is -2.24. The van der Waals surface area contributed by atoms with E-state index in [-0.39, 0.29) is 42.9 Å². The Labute approximate surface area is 140 Å². The molecule has 1 aliphatic heterocycles. The fraction of sp³-hybridized carbons (Fsp3) is 0.667. The van der Waals surface area contributed by atoms with E-state index in [1.165, 1.54) is 6.07 Å². The summed E-state index contributed by atoms with van der Waals surface area (Å²) in [7, 11) is 0. The Balaban J connectivity index is 2.41. The molecular formula is C15H18F5NO2S. The lowest BCUT2D eigenvalue weighted by Gasteiger charge is -2.40. The first kappa shape index (κ1) is 19.0. The van der Waals surface area contributed by atoms with Crippen molar-refractivity contribution in [3.8, 4) is 5.75 Å². The van der Waals surface area contributed by atoms with E-state index in [1.54, 1.807) is 13.8 Å². The van der Waals surface area contributed by atoms with Gasteiger partial charge in [-0.1, -0.05) is 13.3 Å². The number of rotatable bonds is 5. The van der Waals surface area contributed by atoms with Crippen LogP contribution in [-0.2, 0) is 0 Å². The Hall–Kier alpha value is -1.38. The van der Waals surface area contributed by atoms with Gasteiger partial charge in [0.1, 0.15) is 16.2 Å². The van der Waals surface area contributed by atoms with Gasteiger partial charge in [-0.3, -0.25) is 4.79 Å². The number of nitrogens with zero attached hydrogens (tertiary/aromatic N) is 1. The number of thiophene rings is 1. The van der Waals surface area contributed by atoms with Gasteiger partial charge in [0, 0.05) is 11.4 Å². The largest absolute Gasteiger partial charge is 0.433 e. The van der Waals surface area contributed by atoms with Crippen LogP contribution in [0.2, 0.25) is 0 Å². The molecule has 0 spiro atoms. The molecule has 0 saturated carbocycles. The molecule has 0 radical (unpaired) electrons. The van der Waals surface area contributed by atoms with Crippen LogP contribution in [0, 0.1) is 6.92 Å². The number of halogens is 5. The monoisotopic (exact) mass is 371 g/mol. The molecule has 1 aliphatic rings. The number of carbonyl (C=O) groups excluding carboxylic acids is 1. The number of hydrogen-bond acceptors (Lipinski definition) is 3. The van der Waals surface area contributed by atoms with Gasteiger partial charge in [-0.25, -0.2) is 0 Å². The highest BCUT2D eigenvalue weighted by molar-refractivity contribution is 7.14. The summed E-state index contributed by atoms with van der Waals surface area (Å²) in [6.45, 7) is -0.00200. The second-order valence-electron chi connectivity index (χ2n) is 5.77. The zero-order valence-corrected chi connectivity index (χ0v) is 14.1. The minimum atomic E-state index is -4.58. The summed E-state index contributed by atoms with van der Waals surface area (Å²) in [4.78, 5) is 13.8. The van der Waals surface area contributed by atoms with Crippen LogP contribution in [0.5, 0.6) is 5.75 Å². The SMILES string of the molecule is CCC[C@@]1(C(F)(F)F)CCCN1C(=O)c1sc(C)cc1OC(F)F. The third-order valence-corrected chi connectivity index (χ3v) is 5.18. The van der Waals surface area contributed by atoms with Crippen molar-refractivity contribution < 1.29 is 31.5 Å². The lowest BCUT2D eigenvalue weighted by molar-refractivity contribution is -0.217. The second kappa shape index (κ2) is 6.85. The van der Waals surface area contributed by atoms with Crippen molar-refractivity contribution in [2.24, 2.45) is 0 Å². The lowest BCUT2D eigenvalue weighted by Crippen LogP contribution is -2.57. The topological polar surface area (TPSA) is 29.5 Å². The number of ether oxygens (including phenoxy) is 1. The van der Waals surface area contributed by atoms with Gasteiger partial charge in [0.05, 0.1) is 0 Å². The molecule has 1 aromatic heterocycles. The Bertz CT molecular complexity index is 601. The summed E-state index contributed by atoms with van der Waals surface area (Å²) in [5, 5.41) is 0. The zero-order chi connectivity index (χ0) is 18.1. The molecule has 0 unspecified atom stereocenters. The molecule has 2 rings (SSSR count). The van der Waals surface area contributed by atoms with Crippen LogP contribution in [0.15, 0.2) is 6.07 Å². The fourth-order valence-corrected chi connectivity index (χ4v) is 4.12. The predicted molar refractivity (Wildman–Crippen MR) is 79.7 cm³/mol. The van der Waals surface area contributed by atoms with E-state index in [0.29, 0.717) is 4.88 Å². The van der Waals surface area contributed by atoms with E-state index >= 15 is 0 Å². The fourth-order valence-electron chi connectivity index (χ4n) is 3.23. The molecule has 0 bridgehead atoms. The Morgan fingerprint density at radius 3 is 2.67 bits per heavy atom. The summed E-state index contributed by atoms with van der Waals surface area (Å²) in [6, 6.07) is 1.25. The predicted octanol–water partition coefficient (Wildman–Crippen LogP) is 5.00. The maximum atomic E-state index is 13.7. The third-order valence-electron chi connectivity index (χ3n) is 4.16. The van der Waals surface area contributed by atoms with E-state index in [1.807, 2.05) is 0 Å². The summed E-state index contributed by atoms with van der Waals surface area (Å²) in [6.07, 6.45) is -4.48. The summed E-state index contributed by atoms with van der Waals surface area (Å²) < 4.78 is 70.4. The normalized spacial score (nSPS) is 21.6. The van der Waals surface area contributed by atoms with Crippen molar-refractivity contribution in [3.63, 3.8) is 0 Å². The maximum absolute atomic E-state index is 13.7. The van der Waals surface area contributed by atoms with E-state index in [0.717, 1.165) is 16.2 Å². The molecule has 0 aliphatic carbocycles.